The molecule has 14 rings (SSSR count). The minimum atomic E-state index is -4.38. The van der Waals surface area contributed by atoms with Crippen LogP contribution in [0.3, 0.4) is 0 Å². The van der Waals surface area contributed by atoms with Crippen molar-refractivity contribution in [3.05, 3.63) is 155 Å². The maximum absolute atomic E-state index is 13.3. The van der Waals surface area contributed by atoms with Crippen molar-refractivity contribution in [2.75, 3.05) is 12.5 Å². The molecule has 0 aliphatic heterocycles. The fourth-order valence-electron chi connectivity index (χ4n) is 6.15. The van der Waals surface area contributed by atoms with E-state index in [1.165, 1.54) is 86.2 Å². The number of nitro groups is 1. The number of nitrogens with zero attached hydrogens (tertiary/aromatic N) is 3. The third-order valence-electron chi connectivity index (χ3n) is 9.64. The number of rotatable bonds is 3. The molecule has 0 fully saturated rings. The smallest absolute Gasteiger partial charge is 0.441 e. The van der Waals surface area contributed by atoms with Crippen LogP contribution in [0.5, 0.6) is 0 Å². The zero-order valence-corrected chi connectivity index (χ0v) is 60.2. The third kappa shape index (κ3) is 23.5. The molecule has 0 radical (unpaired) electrons. The molecule has 506 valence electrons. The van der Waals surface area contributed by atoms with Crippen LogP contribution in [0.4, 0.5) is 36.6 Å². The molecule has 32 heteroatoms. The Morgan fingerprint density at radius 1 is 0.441 bits per heavy atom. The summed E-state index contributed by atoms with van der Waals surface area (Å²) in [5, 5.41) is 42.8. The number of sulfone groups is 2. The molecule has 93 heavy (non-hydrogen) atoms. The molecule has 0 spiro atoms. The number of hydrogen-bond donors (Lipinski definition) is 0. The number of fused-ring (bicyclic) bond motifs is 7. The highest BCUT2D eigenvalue weighted by molar-refractivity contribution is 7.90. The lowest BCUT2D eigenvalue weighted by molar-refractivity contribution is -0.401. The Labute approximate surface area is 559 Å². The summed E-state index contributed by atoms with van der Waals surface area (Å²) in [6.07, 6.45) is -2.33. The van der Waals surface area contributed by atoms with Crippen molar-refractivity contribution in [3.63, 3.8) is 0 Å². The van der Waals surface area contributed by atoms with Gasteiger partial charge in [0.05, 0.1) is 22.2 Å². The van der Waals surface area contributed by atoms with E-state index < -0.39 is 65.1 Å². The van der Waals surface area contributed by atoms with Crippen LogP contribution < -0.4 is 0 Å². The zero-order valence-electron chi connectivity index (χ0n) is 52.9. The van der Waals surface area contributed by atoms with Crippen LogP contribution in [-0.2, 0) is 25.9 Å². The first-order valence-electron chi connectivity index (χ1n) is 27.9. The Balaban J connectivity index is 0.000000526. The predicted molar refractivity (Wildman–Crippen MR) is 365 cm³/mol. The Morgan fingerprint density at radius 3 is 1.18 bits per heavy atom. The van der Waals surface area contributed by atoms with Crippen molar-refractivity contribution >= 4 is 177 Å². The first-order chi connectivity index (χ1) is 44.4. The molecule has 0 saturated carbocycles. The average Bonchev–Trinajstić information content (AvgIpc) is 1.70. The summed E-state index contributed by atoms with van der Waals surface area (Å²) in [5.41, 5.74) is 0. The zero-order chi connectivity index (χ0) is 71.0. The van der Waals surface area contributed by atoms with Gasteiger partial charge < -0.3 is 30.9 Å². The van der Waals surface area contributed by atoms with Gasteiger partial charge >= 0.3 is 18.1 Å². The number of hydrogen-bond acceptors (Lipinski definition) is 22. The van der Waals surface area contributed by atoms with Crippen LogP contribution in [-0.4, -0.2) is 34.3 Å². The van der Waals surface area contributed by atoms with Crippen LogP contribution in [0.15, 0.2) is 145 Å². The van der Waals surface area contributed by atoms with E-state index in [4.69, 9.17) is 32.6 Å². The fraction of sp³-hybridized carbons (Fsp3) is 0.279. The maximum atomic E-state index is 13.3. The van der Waals surface area contributed by atoms with Gasteiger partial charge in [0.25, 0.3) is 5.09 Å². The van der Waals surface area contributed by atoms with E-state index in [1.54, 1.807) is 57.9 Å². The van der Waals surface area contributed by atoms with Crippen LogP contribution in [0.25, 0.3) is 72.0 Å². The highest BCUT2D eigenvalue weighted by atomic mass is 32.2. The van der Waals surface area contributed by atoms with Gasteiger partial charge in [0.15, 0.2) is 45.9 Å². The summed E-state index contributed by atoms with van der Waals surface area (Å²) in [4.78, 5) is 13.1. The van der Waals surface area contributed by atoms with Crippen molar-refractivity contribution < 1.29 is 83.4 Å². The highest BCUT2D eigenvalue weighted by Gasteiger charge is 2.35. The molecule has 14 aromatic rings. The molecule has 0 aromatic carbocycles. The van der Waals surface area contributed by atoms with Crippen LogP contribution in [0.2, 0.25) is 0 Å². The monoisotopic (exact) mass is 1470 g/mol. The van der Waals surface area contributed by atoms with Gasteiger partial charge in [-0.3, -0.25) is 10.1 Å². The minimum Gasteiger partial charge on any atom is -0.441 e. The van der Waals surface area contributed by atoms with E-state index in [0.29, 0.717) is 45.9 Å². The molecule has 14 heterocycles. The van der Waals surface area contributed by atoms with Crippen molar-refractivity contribution in [1.29, 1.82) is 10.5 Å². The summed E-state index contributed by atoms with van der Waals surface area (Å²) in [6.45, 7) is 28.0. The second-order valence-corrected chi connectivity index (χ2v) is 25.1. The quantitative estimate of drug-likeness (QED) is 0.0906. The molecular weight excluding hydrogens is 1400 g/mol. The molecule has 0 atom stereocenters. The Kier molecular flexibility index (Phi) is 37.0. The van der Waals surface area contributed by atoms with Gasteiger partial charge in [0.2, 0.25) is 47.9 Å². The van der Waals surface area contributed by atoms with E-state index in [9.17, 15) is 57.7 Å². The second kappa shape index (κ2) is 41.2. The van der Waals surface area contributed by atoms with Crippen molar-refractivity contribution in [1.82, 2.24) is 0 Å². The van der Waals surface area contributed by atoms with Gasteiger partial charge in [0.1, 0.15) is 17.1 Å². The first-order valence-corrected chi connectivity index (χ1v) is 37.8. The highest BCUT2D eigenvalue weighted by Crippen LogP contribution is 2.36. The van der Waals surface area contributed by atoms with E-state index in [0.717, 1.165) is 51.0 Å². The minimum absolute atomic E-state index is 0.0457. The van der Waals surface area contributed by atoms with Gasteiger partial charge in [-0.25, -0.2) is 25.6 Å². The van der Waals surface area contributed by atoms with Crippen molar-refractivity contribution in [3.8, 4) is 12.1 Å². The maximum Gasteiger partial charge on any atom is 0.449 e. The Bertz CT molecular complexity index is 4610. The van der Waals surface area contributed by atoms with E-state index in [-0.39, 0.29) is 27.5 Å². The van der Waals surface area contributed by atoms with Crippen molar-refractivity contribution in [2.45, 2.75) is 113 Å². The second-order valence-electron chi connectivity index (χ2n) is 15.1. The normalized spacial score (nSPS) is 10.1. The van der Waals surface area contributed by atoms with Gasteiger partial charge in [-0.2, -0.15) is 32.5 Å². The summed E-state index contributed by atoms with van der Waals surface area (Å²) < 4.78 is 165. The summed E-state index contributed by atoms with van der Waals surface area (Å²) in [7, 11) is -6.79. The molecule has 0 aliphatic carbocycles. The van der Waals surface area contributed by atoms with E-state index >= 15 is 0 Å². The summed E-state index contributed by atoms with van der Waals surface area (Å²) in [5.74, 6) is -3.19. The standard InChI is InChI=1S/C7H3F3OS.C7H2FNOS.C7H5FO3S2.C7H3NOS.C7H6O3S2.C6H2F2OS.C6H3NO3S.7C2H6/c8-7(9,10)5-3-4-1-2-12-6(4)11-5;8-6-4-1-2-11-7(4)10-5(6)3-9;1-13(9,10)7-5(8)4-2-3-12-6(4)11-7;8-4-6-3-5-1-2-10-7(5)9-6;1-12(8,9)6-4-5-2-3-11-7(5)10-6;7-4-3-1-2-10-6(3)9-5(4)8;8-7(9)5-3-4-1-2-11-6(4)10-5;7*1-2/h1-3H;1-2H;2-3H,1H3;1-3H;2-4H,1H3;1-2H;1-3H;7*1-2H3. The third-order valence-corrected chi connectivity index (χ3v) is 17.1. The lowest BCUT2D eigenvalue weighted by Crippen LogP contribution is -2.01. The molecule has 0 aliphatic rings. The van der Waals surface area contributed by atoms with Gasteiger partial charge in [-0.05, 0) is 86.2 Å². The number of alkyl halides is 3. The summed E-state index contributed by atoms with van der Waals surface area (Å²) in [6, 6.07) is 19.9. The van der Waals surface area contributed by atoms with Gasteiger partial charge in [0, 0.05) is 46.2 Å². The number of thiophene rings is 7. The molecule has 0 unspecified atom stereocenters. The first kappa shape index (κ1) is 83.5. The molecule has 0 N–H and O–H groups in total. The number of furan rings is 7. The average molecular weight is 1470 g/mol. The molecular formula is C61H66F7N3O13S9. The van der Waals surface area contributed by atoms with Gasteiger partial charge in [-0.1, -0.05) is 96.9 Å². The molecule has 0 amide bonds. The molecule has 16 nitrogen and oxygen atoms in total. The predicted octanol–water partition coefficient (Wildman–Crippen LogP) is 24.7. The van der Waals surface area contributed by atoms with E-state index in [1.807, 2.05) is 131 Å². The number of halogens is 7. The van der Waals surface area contributed by atoms with Gasteiger partial charge in [-0.15, -0.1) is 79.4 Å². The van der Waals surface area contributed by atoms with E-state index in [2.05, 4.69) is 8.83 Å². The lowest BCUT2D eigenvalue weighted by Gasteiger charge is -1.98. The lowest BCUT2D eigenvalue weighted by atomic mass is 10.3. The Hall–Kier alpha value is -7.53. The van der Waals surface area contributed by atoms with Crippen LogP contribution >= 0.6 is 79.4 Å². The molecule has 0 bridgehead atoms. The SMILES string of the molecule is CC.CC.CC.CC.CC.CC.CC.CS(=O)(=O)c1cc2ccsc2o1.CS(=O)(=O)c1oc2sccc2c1F.FC(F)(F)c1cc2ccsc2o1.Fc1oc2sccc2c1F.N#Cc1cc2ccsc2o1.N#Cc1oc2sccc2c1F.O=[N+]([O-])c1cc2ccsc2o1. The fourth-order valence-corrected chi connectivity index (χ4v) is 12.7. The Morgan fingerprint density at radius 2 is 0.817 bits per heavy atom. The summed E-state index contributed by atoms with van der Waals surface area (Å²) >= 11 is 9.03. The number of nitriles is 2. The van der Waals surface area contributed by atoms with Crippen LogP contribution in [0.1, 0.15) is 114 Å². The topological polar surface area (TPSA) is 251 Å². The van der Waals surface area contributed by atoms with Crippen molar-refractivity contribution in [2.24, 2.45) is 0 Å². The largest absolute Gasteiger partial charge is 0.449 e. The molecule has 0 saturated heterocycles. The van der Waals surface area contributed by atoms with Crippen LogP contribution in [0, 0.1) is 56.2 Å². The molecule has 14 aromatic heterocycles.